The minimum absolute atomic E-state index is 0.533. The van der Waals surface area contributed by atoms with Crippen LogP contribution in [0.2, 0.25) is 5.82 Å². The van der Waals surface area contributed by atoms with Gasteiger partial charge >= 0.3 is 0 Å². The predicted octanol–water partition coefficient (Wildman–Crippen LogP) is 4.58. The Balaban J connectivity index is 2.91. The maximum absolute atomic E-state index is 10.6. The molecule has 0 aromatic heterocycles. The van der Waals surface area contributed by atoms with Crippen LogP contribution >= 0.6 is 21.3 Å². The molecule has 0 bridgehead atoms. The maximum Gasteiger partial charge on any atom is 0.219 e. The van der Waals surface area contributed by atoms with Gasteiger partial charge in [0.15, 0.2) is 0 Å². The molecule has 1 fully saturated rings. The van der Waals surface area contributed by atoms with Crippen LogP contribution in [0.15, 0.2) is 12.2 Å². The molecule has 1 aliphatic carbocycles. The second kappa shape index (κ2) is 9.94. The molecule has 166 valence electrons. The molecule has 1 aliphatic rings. The Morgan fingerprint density at radius 2 is 1.59 bits per heavy atom. The predicted molar refractivity (Wildman–Crippen MR) is 143 cm³/mol. The summed E-state index contributed by atoms with van der Waals surface area (Å²) >= 11 is 0. The topological polar surface area (TPSA) is 49.7 Å². The molecule has 3 nitrogen and oxygen atoms in total. The average molecular weight is 459 g/mol. The zero-order valence-electron chi connectivity index (χ0n) is 19.5. The van der Waals surface area contributed by atoms with E-state index in [1.54, 1.807) is 0 Å². The van der Waals surface area contributed by atoms with Crippen LogP contribution < -0.4 is 0 Å². The van der Waals surface area contributed by atoms with E-state index in [4.69, 9.17) is 18.9 Å². The van der Waals surface area contributed by atoms with Crippen molar-refractivity contribution in [3.05, 3.63) is 12.2 Å². The van der Waals surface area contributed by atoms with Gasteiger partial charge in [0.05, 0.1) is 19.7 Å². The molecule has 0 spiro atoms. The van der Waals surface area contributed by atoms with Crippen molar-refractivity contribution in [2.45, 2.75) is 70.5 Å². The lowest BCUT2D eigenvalue weighted by Gasteiger charge is -2.31. The molecule has 0 heterocycles. The molecule has 1 saturated carbocycles. The summed E-state index contributed by atoms with van der Waals surface area (Å²) in [7, 11) is 5.31. The number of aliphatic hydroxyl groups is 2. The Bertz CT molecular complexity index is 706. The second-order valence-corrected chi connectivity index (χ2v) is 20.9. The van der Waals surface area contributed by atoms with E-state index in [2.05, 4.69) is 39.9 Å². The lowest BCUT2D eigenvalue weighted by atomic mass is 9.74. The van der Waals surface area contributed by atoms with Crippen molar-refractivity contribution < 1.29 is 14.9 Å². The minimum atomic E-state index is -1.43. The number of hydrogen-bond acceptors (Lipinski definition) is 3. The second-order valence-electron chi connectivity index (χ2n) is 9.47. The molecule has 0 amide bonds. The monoisotopic (exact) mass is 459 g/mol. The molecule has 0 aromatic rings. The largest absolute Gasteiger partial charge is 0.388 e. The first-order chi connectivity index (χ1) is 13.1. The van der Waals surface area contributed by atoms with Gasteiger partial charge < -0.3 is 14.9 Å². The summed E-state index contributed by atoms with van der Waals surface area (Å²) in [6, 6.07) is 0. The van der Waals surface area contributed by atoms with E-state index < -0.39 is 50.3 Å². The summed E-state index contributed by atoms with van der Waals surface area (Å²) in [5.41, 5.74) is -0.891. The van der Waals surface area contributed by atoms with Crippen LogP contribution in [0.5, 0.6) is 0 Å². The van der Waals surface area contributed by atoms with E-state index in [0.717, 1.165) is 12.1 Å². The third-order valence-corrected chi connectivity index (χ3v) is 19.1. The fourth-order valence-corrected chi connectivity index (χ4v) is 14.3. The van der Waals surface area contributed by atoms with Crippen molar-refractivity contribution in [1.29, 1.82) is 0 Å². The van der Waals surface area contributed by atoms with Gasteiger partial charge in [-0.3, -0.25) is 0 Å². The molecule has 2 unspecified atom stereocenters. The van der Waals surface area contributed by atoms with Gasteiger partial charge in [0.1, 0.15) is 25.7 Å². The van der Waals surface area contributed by atoms with Gasteiger partial charge in [0.2, 0.25) is 5.34 Å². The van der Waals surface area contributed by atoms with Crippen molar-refractivity contribution in [2.75, 3.05) is 36.7 Å². The highest BCUT2D eigenvalue weighted by Crippen LogP contribution is 2.59. The molecule has 29 heavy (non-hydrogen) atoms. The first kappa shape index (κ1) is 27.5. The van der Waals surface area contributed by atoms with Gasteiger partial charge in [-0.25, -0.2) is 0 Å². The molecular formula is C22H43BO3P3+. The van der Waals surface area contributed by atoms with E-state index in [1.165, 1.54) is 31.6 Å². The summed E-state index contributed by atoms with van der Waals surface area (Å²) < 4.78 is 6.33. The number of rotatable bonds is 11. The lowest BCUT2D eigenvalue weighted by molar-refractivity contribution is -0.111. The van der Waals surface area contributed by atoms with Gasteiger partial charge in [0, 0.05) is 13.8 Å². The Hall–Kier alpha value is 0.455. The van der Waals surface area contributed by atoms with E-state index in [9.17, 15) is 10.2 Å². The van der Waals surface area contributed by atoms with E-state index >= 15 is 0 Å². The fourth-order valence-electron chi connectivity index (χ4n) is 3.60. The average Bonchev–Trinajstić information content (AvgIpc) is 2.80. The number of ether oxygens (including phenoxy) is 1. The minimum Gasteiger partial charge on any atom is -0.388 e. The highest BCUT2D eigenvalue weighted by atomic mass is 31.2. The molecule has 6 atom stereocenters. The van der Waals surface area contributed by atoms with Crippen molar-refractivity contribution in [3.63, 3.8) is 0 Å². The molecule has 0 saturated heterocycles. The summed E-state index contributed by atoms with van der Waals surface area (Å²) in [5, 5.41) is 20.5. The van der Waals surface area contributed by atoms with Gasteiger partial charge in [-0.05, 0) is 49.1 Å². The van der Waals surface area contributed by atoms with Gasteiger partial charge in [0.25, 0.3) is 0 Å². The Kier molecular flexibility index (Phi) is 9.42. The van der Waals surface area contributed by atoms with Crippen LogP contribution in [0.1, 0.15) is 41.5 Å². The zero-order chi connectivity index (χ0) is 22.8. The normalized spacial score (nSPS) is 31.0. The first-order valence-corrected chi connectivity index (χ1v) is 17.4. The number of aliphatic hydroxyl groups excluding tert-OH is 1. The van der Waals surface area contributed by atoms with Crippen LogP contribution in [0.4, 0.5) is 0 Å². The summed E-state index contributed by atoms with van der Waals surface area (Å²) in [4.78, 5) is 0. The van der Waals surface area contributed by atoms with E-state index in [1.807, 2.05) is 13.8 Å². The van der Waals surface area contributed by atoms with Crippen LogP contribution in [-0.2, 0) is 4.74 Å². The smallest absolute Gasteiger partial charge is 0.219 e. The van der Waals surface area contributed by atoms with Crippen LogP contribution in [0.3, 0.4) is 0 Å². The number of hydrogen-bond donors (Lipinski definition) is 2. The summed E-state index contributed by atoms with van der Waals surface area (Å²) in [6.07, 6.45) is 17.9. The Morgan fingerprint density at radius 1 is 1.14 bits per heavy atom. The maximum atomic E-state index is 10.6. The quantitative estimate of drug-likeness (QED) is 0.270. The van der Waals surface area contributed by atoms with Crippen molar-refractivity contribution in [2.24, 2.45) is 0 Å². The molecule has 0 aromatic carbocycles. The third kappa shape index (κ3) is 6.25. The molecule has 1 rings (SSSR count). The zero-order valence-corrected chi connectivity index (χ0v) is 22.2. The third-order valence-electron chi connectivity index (χ3n) is 6.99. The van der Waals surface area contributed by atoms with Gasteiger partial charge in [-0.1, -0.05) is 40.5 Å². The first-order valence-electron chi connectivity index (χ1n) is 10.6. The van der Waals surface area contributed by atoms with E-state index in [-0.39, 0.29) is 0 Å². The summed E-state index contributed by atoms with van der Waals surface area (Å²) in [6.45, 7) is 13.9. The molecular weight excluding hydrogens is 416 g/mol. The van der Waals surface area contributed by atoms with Crippen LogP contribution in [0, 0.1) is 0 Å². The molecule has 2 N–H and O–H groups in total. The SMILES string of the molecule is [B][C@@H]1C(=C)[C@H](OC(C)(C)[P+](=C)CP(=C)(CC)CCP(=C)(CC)CC)[C@@H](O)[C@@]1(C)O. The highest BCUT2D eigenvalue weighted by Gasteiger charge is 2.54. The lowest BCUT2D eigenvalue weighted by Crippen LogP contribution is -2.44. The van der Waals surface area contributed by atoms with Crippen molar-refractivity contribution in [3.8, 4) is 0 Å². The van der Waals surface area contributed by atoms with E-state index in [0.29, 0.717) is 5.57 Å². The van der Waals surface area contributed by atoms with Gasteiger partial charge in [-0.2, -0.15) is 0 Å². The van der Waals surface area contributed by atoms with Gasteiger partial charge in [-0.15, -0.1) is 13.2 Å². The fraction of sp³-hybridized carbons (Fsp3) is 0.773. The highest BCUT2D eigenvalue weighted by molar-refractivity contribution is 7.84. The Labute approximate surface area is 182 Å². The molecule has 0 aliphatic heterocycles. The van der Waals surface area contributed by atoms with Crippen molar-refractivity contribution in [1.82, 2.24) is 0 Å². The summed E-state index contributed by atoms with van der Waals surface area (Å²) in [5.74, 6) is 0.290. The molecule has 7 heteroatoms. The Morgan fingerprint density at radius 3 is 1.97 bits per heavy atom. The van der Waals surface area contributed by atoms with Crippen LogP contribution in [-0.4, -0.2) is 96.8 Å². The van der Waals surface area contributed by atoms with Crippen LogP contribution in [0.25, 0.3) is 0 Å². The van der Waals surface area contributed by atoms with Crippen molar-refractivity contribution >= 4 is 48.1 Å². The standard InChI is InChI=1S/C22H43BO3P3/c1-11-28(9,12-2)14-15-29(10,13-3)16-27(8)21(5,6)26-18-17(4)19(23)22(7,25)20(18)24/h18-20,24-25H,4,8-16H2,1-3,5-7H3/q+1/t18-,19+,20+,22-,29?/m0/s1. The molecule has 2 radical (unpaired) electrons.